The molecule has 0 N–H and O–H groups in total. The zero-order chi connectivity index (χ0) is 13.2. The Morgan fingerprint density at radius 1 is 0.944 bits per heavy atom. The third-order valence-corrected chi connectivity index (χ3v) is 2.42. The molecular weight excluding hydrogens is 241 g/mol. The standard InChI is InChI=1S/C13H7F3N2/c14-13(15,16)11-4-1-9(2-5-11)10-3-6-12(7-17)18-8-10/h1-6,8H. The van der Waals surface area contributed by atoms with Crippen molar-refractivity contribution >= 4 is 0 Å². The minimum absolute atomic E-state index is 0.269. The van der Waals surface area contributed by atoms with E-state index in [0.717, 1.165) is 12.1 Å². The van der Waals surface area contributed by atoms with E-state index in [1.807, 2.05) is 6.07 Å². The lowest BCUT2D eigenvalue weighted by molar-refractivity contribution is -0.137. The van der Waals surface area contributed by atoms with E-state index in [4.69, 9.17) is 5.26 Å². The van der Waals surface area contributed by atoms with Crippen molar-refractivity contribution < 1.29 is 13.2 Å². The predicted octanol–water partition coefficient (Wildman–Crippen LogP) is 3.64. The second kappa shape index (κ2) is 4.49. The van der Waals surface area contributed by atoms with Gasteiger partial charge in [0.25, 0.3) is 0 Å². The van der Waals surface area contributed by atoms with Crippen molar-refractivity contribution in [2.45, 2.75) is 6.18 Å². The Hall–Kier alpha value is -2.35. The van der Waals surface area contributed by atoms with Gasteiger partial charge in [-0.2, -0.15) is 18.4 Å². The molecule has 2 rings (SSSR count). The molecule has 0 bridgehead atoms. The molecule has 5 heteroatoms. The van der Waals surface area contributed by atoms with Crippen molar-refractivity contribution in [3.63, 3.8) is 0 Å². The summed E-state index contributed by atoms with van der Waals surface area (Å²) in [6.07, 6.45) is -2.87. The largest absolute Gasteiger partial charge is 0.416 e. The molecule has 0 aliphatic heterocycles. The number of hydrogen-bond donors (Lipinski definition) is 0. The Kier molecular flexibility index (Phi) is 3.02. The fourth-order valence-corrected chi connectivity index (χ4v) is 1.48. The van der Waals surface area contributed by atoms with Gasteiger partial charge < -0.3 is 0 Å². The van der Waals surface area contributed by atoms with Crippen molar-refractivity contribution in [2.75, 3.05) is 0 Å². The third kappa shape index (κ3) is 2.48. The Balaban J connectivity index is 2.32. The fourth-order valence-electron chi connectivity index (χ4n) is 1.48. The Morgan fingerprint density at radius 2 is 1.56 bits per heavy atom. The average Bonchev–Trinajstić information content (AvgIpc) is 2.38. The maximum Gasteiger partial charge on any atom is 0.416 e. The van der Waals surface area contributed by atoms with Crippen LogP contribution in [-0.4, -0.2) is 4.98 Å². The zero-order valence-corrected chi connectivity index (χ0v) is 9.07. The maximum absolute atomic E-state index is 12.4. The van der Waals surface area contributed by atoms with E-state index in [0.29, 0.717) is 11.1 Å². The average molecular weight is 248 g/mol. The van der Waals surface area contributed by atoms with E-state index in [-0.39, 0.29) is 5.69 Å². The fraction of sp³-hybridized carbons (Fsp3) is 0.0769. The smallest absolute Gasteiger partial charge is 0.245 e. The van der Waals surface area contributed by atoms with Gasteiger partial charge in [0.1, 0.15) is 11.8 Å². The van der Waals surface area contributed by atoms with Gasteiger partial charge in [-0.15, -0.1) is 0 Å². The van der Waals surface area contributed by atoms with E-state index >= 15 is 0 Å². The van der Waals surface area contributed by atoms with Crippen LogP contribution in [-0.2, 0) is 6.18 Å². The molecule has 2 nitrogen and oxygen atoms in total. The molecule has 1 aromatic carbocycles. The van der Waals surface area contributed by atoms with Crippen molar-refractivity contribution in [3.8, 4) is 17.2 Å². The first kappa shape index (κ1) is 12.1. The molecule has 0 amide bonds. The van der Waals surface area contributed by atoms with Crippen LogP contribution in [0.4, 0.5) is 13.2 Å². The summed E-state index contributed by atoms with van der Waals surface area (Å²) in [5.74, 6) is 0. The van der Waals surface area contributed by atoms with E-state index in [1.165, 1.54) is 24.4 Å². The van der Waals surface area contributed by atoms with Crippen LogP contribution in [0.15, 0.2) is 42.6 Å². The second-order valence-corrected chi connectivity index (χ2v) is 3.62. The number of halogens is 3. The van der Waals surface area contributed by atoms with E-state index in [2.05, 4.69) is 4.98 Å². The Morgan fingerprint density at radius 3 is 2.00 bits per heavy atom. The summed E-state index contributed by atoms with van der Waals surface area (Å²) in [5, 5.41) is 8.59. The van der Waals surface area contributed by atoms with Crippen LogP contribution >= 0.6 is 0 Å². The Bertz CT molecular complexity index is 578. The van der Waals surface area contributed by atoms with E-state index in [1.54, 1.807) is 6.07 Å². The van der Waals surface area contributed by atoms with Crippen LogP contribution in [0.1, 0.15) is 11.3 Å². The van der Waals surface area contributed by atoms with Crippen molar-refractivity contribution in [1.82, 2.24) is 4.98 Å². The van der Waals surface area contributed by atoms with Crippen LogP contribution < -0.4 is 0 Å². The van der Waals surface area contributed by atoms with Gasteiger partial charge >= 0.3 is 6.18 Å². The van der Waals surface area contributed by atoms with Gasteiger partial charge in [-0.1, -0.05) is 12.1 Å². The molecule has 0 spiro atoms. The summed E-state index contributed by atoms with van der Waals surface area (Å²) in [5.41, 5.74) is 0.876. The SMILES string of the molecule is N#Cc1ccc(-c2ccc(C(F)(F)F)cc2)cn1. The van der Waals surface area contributed by atoms with Gasteiger partial charge in [0.15, 0.2) is 0 Å². The molecule has 0 atom stereocenters. The van der Waals surface area contributed by atoms with Crippen molar-refractivity contribution in [2.24, 2.45) is 0 Å². The number of nitrogens with zero attached hydrogens (tertiary/aromatic N) is 2. The van der Waals surface area contributed by atoms with E-state index in [9.17, 15) is 13.2 Å². The summed E-state index contributed by atoms with van der Waals surface area (Å²) in [6.45, 7) is 0. The normalized spacial score (nSPS) is 11.0. The van der Waals surface area contributed by atoms with E-state index < -0.39 is 11.7 Å². The zero-order valence-electron chi connectivity index (χ0n) is 9.07. The monoisotopic (exact) mass is 248 g/mol. The molecule has 0 radical (unpaired) electrons. The molecule has 0 saturated heterocycles. The highest BCUT2D eigenvalue weighted by molar-refractivity contribution is 5.63. The number of hydrogen-bond acceptors (Lipinski definition) is 2. The number of aromatic nitrogens is 1. The first-order valence-electron chi connectivity index (χ1n) is 5.04. The third-order valence-electron chi connectivity index (χ3n) is 2.42. The van der Waals surface area contributed by atoms with Crippen molar-refractivity contribution in [3.05, 3.63) is 53.9 Å². The quantitative estimate of drug-likeness (QED) is 0.772. The lowest BCUT2D eigenvalue weighted by Gasteiger charge is -2.07. The number of alkyl halides is 3. The Labute approximate surface area is 101 Å². The molecule has 2 aromatic rings. The second-order valence-electron chi connectivity index (χ2n) is 3.62. The molecule has 1 heterocycles. The molecule has 0 saturated carbocycles. The van der Waals surface area contributed by atoms with Gasteiger partial charge in [0, 0.05) is 11.8 Å². The minimum Gasteiger partial charge on any atom is -0.245 e. The number of pyridine rings is 1. The van der Waals surface area contributed by atoms with Crippen LogP contribution in [0.5, 0.6) is 0 Å². The molecule has 0 fully saturated rings. The lowest BCUT2D eigenvalue weighted by atomic mass is 10.1. The van der Waals surface area contributed by atoms with Gasteiger partial charge in [-0.25, -0.2) is 4.98 Å². The topological polar surface area (TPSA) is 36.7 Å². The molecular formula is C13H7F3N2. The van der Waals surface area contributed by atoms with Gasteiger partial charge in [0.05, 0.1) is 5.56 Å². The number of nitriles is 1. The molecule has 0 aliphatic rings. The highest BCUT2D eigenvalue weighted by Gasteiger charge is 2.29. The molecule has 0 aliphatic carbocycles. The highest BCUT2D eigenvalue weighted by atomic mass is 19.4. The maximum atomic E-state index is 12.4. The summed E-state index contributed by atoms with van der Waals surface area (Å²) < 4.78 is 37.1. The summed E-state index contributed by atoms with van der Waals surface area (Å²) in [7, 11) is 0. The van der Waals surface area contributed by atoms with Gasteiger partial charge in [0.2, 0.25) is 0 Å². The first-order valence-corrected chi connectivity index (χ1v) is 5.04. The predicted molar refractivity (Wildman–Crippen MR) is 59.4 cm³/mol. The van der Waals surface area contributed by atoms with Crippen LogP contribution in [0.2, 0.25) is 0 Å². The van der Waals surface area contributed by atoms with Gasteiger partial charge in [-0.3, -0.25) is 0 Å². The number of rotatable bonds is 1. The molecule has 0 unspecified atom stereocenters. The first-order chi connectivity index (χ1) is 8.50. The van der Waals surface area contributed by atoms with Crippen molar-refractivity contribution in [1.29, 1.82) is 5.26 Å². The minimum atomic E-state index is -4.33. The highest BCUT2D eigenvalue weighted by Crippen LogP contribution is 2.30. The van der Waals surface area contributed by atoms with Crippen LogP contribution in [0, 0.1) is 11.3 Å². The summed E-state index contributed by atoms with van der Waals surface area (Å²) in [4.78, 5) is 3.86. The van der Waals surface area contributed by atoms with Crippen LogP contribution in [0.25, 0.3) is 11.1 Å². The van der Waals surface area contributed by atoms with Crippen LogP contribution in [0.3, 0.4) is 0 Å². The number of benzene rings is 1. The molecule has 18 heavy (non-hydrogen) atoms. The summed E-state index contributed by atoms with van der Waals surface area (Å²) in [6, 6.07) is 9.85. The summed E-state index contributed by atoms with van der Waals surface area (Å²) >= 11 is 0. The lowest BCUT2D eigenvalue weighted by Crippen LogP contribution is -2.03. The molecule has 1 aromatic heterocycles. The van der Waals surface area contributed by atoms with Gasteiger partial charge in [-0.05, 0) is 29.8 Å². The molecule has 90 valence electrons.